The molecule has 144 valence electrons. The number of pyridine rings is 1. The van der Waals surface area contributed by atoms with Gasteiger partial charge in [-0.15, -0.1) is 0 Å². The molecule has 0 spiro atoms. The Morgan fingerprint density at radius 3 is 2.57 bits per heavy atom. The molecule has 0 aliphatic rings. The van der Waals surface area contributed by atoms with E-state index in [1.807, 2.05) is 51.2 Å². The SMILES string of the molecule is CNCc1c(C)ncnc1Nc1cc(C(=O)NCc2ccncc2)ccc1C. The normalized spacial score (nSPS) is 10.5. The predicted octanol–water partition coefficient (Wildman–Crippen LogP) is 2.88. The first-order chi connectivity index (χ1) is 13.6. The fraction of sp³-hybridized carbons (Fsp3) is 0.238. The summed E-state index contributed by atoms with van der Waals surface area (Å²) in [6, 6.07) is 9.35. The Labute approximate surface area is 164 Å². The lowest BCUT2D eigenvalue weighted by Gasteiger charge is -2.15. The van der Waals surface area contributed by atoms with Crippen molar-refractivity contribution >= 4 is 17.4 Å². The second-order valence-electron chi connectivity index (χ2n) is 6.51. The molecule has 0 fully saturated rings. The number of aromatic nitrogens is 3. The highest BCUT2D eigenvalue weighted by Gasteiger charge is 2.12. The van der Waals surface area contributed by atoms with Crippen molar-refractivity contribution in [3.8, 4) is 0 Å². The number of nitrogens with zero attached hydrogens (tertiary/aromatic N) is 3. The van der Waals surface area contributed by atoms with Gasteiger partial charge < -0.3 is 16.0 Å². The molecular weight excluding hydrogens is 352 g/mol. The number of nitrogens with one attached hydrogen (secondary N) is 3. The molecule has 2 aromatic heterocycles. The number of carbonyl (C=O) groups excluding carboxylic acids is 1. The van der Waals surface area contributed by atoms with E-state index in [4.69, 9.17) is 0 Å². The Bertz CT molecular complexity index is 958. The lowest BCUT2D eigenvalue weighted by Crippen LogP contribution is -2.23. The number of amides is 1. The van der Waals surface area contributed by atoms with E-state index in [9.17, 15) is 4.79 Å². The van der Waals surface area contributed by atoms with Gasteiger partial charge in [-0.1, -0.05) is 6.07 Å². The minimum atomic E-state index is -0.130. The van der Waals surface area contributed by atoms with Gasteiger partial charge in [0.05, 0.1) is 0 Å². The highest BCUT2D eigenvalue weighted by molar-refractivity contribution is 5.95. The third-order valence-corrected chi connectivity index (χ3v) is 4.47. The van der Waals surface area contributed by atoms with Crippen LogP contribution in [0, 0.1) is 13.8 Å². The van der Waals surface area contributed by atoms with E-state index in [2.05, 4.69) is 30.9 Å². The standard InChI is InChI=1S/C21H24N6O/c1-14-4-5-17(21(28)24-11-16-6-8-23-9-7-16)10-19(14)27-20-18(12-22-3)15(2)25-13-26-20/h4-10,13,22H,11-12H2,1-3H3,(H,24,28)(H,25,26,27). The zero-order valence-electron chi connectivity index (χ0n) is 16.3. The van der Waals surface area contributed by atoms with Gasteiger partial charge in [0.25, 0.3) is 5.91 Å². The molecule has 3 aromatic rings. The van der Waals surface area contributed by atoms with Crippen LogP contribution in [0.4, 0.5) is 11.5 Å². The Morgan fingerprint density at radius 2 is 1.82 bits per heavy atom. The molecule has 2 heterocycles. The summed E-state index contributed by atoms with van der Waals surface area (Å²) in [5, 5.41) is 9.43. The van der Waals surface area contributed by atoms with Crippen LogP contribution in [0.3, 0.4) is 0 Å². The Morgan fingerprint density at radius 1 is 1.04 bits per heavy atom. The van der Waals surface area contributed by atoms with Crippen molar-refractivity contribution in [1.82, 2.24) is 25.6 Å². The Balaban J connectivity index is 1.78. The average Bonchev–Trinajstić information content (AvgIpc) is 2.71. The molecule has 7 heteroatoms. The third kappa shape index (κ3) is 4.69. The number of anilines is 2. The Kier molecular flexibility index (Phi) is 6.29. The molecule has 3 rings (SSSR count). The molecule has 0 saturated heterocycles. The number of aryl methyl sites for hydroxylation is 2. The maximum atomic E-state index is 12.6. The zero-order valence-corrected chi connectivity index (χ0v) is 16.3. The zero-order chi connectivity index (χ0) is 19.9. The van der Waals surface area contributed by atoms with Crippen molar-refractivity contribution in [2.24, 2.45) is 0 Å². The van der Waals surface area contributed by atoms with Gasteiger partial charge in [0.2, 0.25) is 0 Å². The molecule has 1 aromatic carbocycles. The van der Waals surface area contributed by atoms with Crippen molar-refractivity contribution < 1.29 is 4.79 Å². The second kappa shape index (κ2) is 9.05. The molecule has 0 aliphatic heterocycles. The monoisotopic (exact) mass is 376 g/mol. The number of rotatable bonds is 7. The van der Waals surface area contributed by atoms with E-state index >= 15 is 0 Å². The topological polar surface area (TPSA) is 91.8 Å². The summed E-state index contributed by atoms with van der Waals surface area (Å²) in [4.78, 5) is 25.2. The number of hydrogen-bond acceptors (Lipinski definition) is 6. The molecule has 0 bridgehead atoms. The van der Waals surface area contributed by atoms with E-state index in [0.29, 0.717) is 18.7 Å². The number of hydrogen-bond donors (Lipinski definition) is 3. The first-order valence-electron chi connectivity index (χ1n) is 9.08. The van der Waals surface area contributed by atoms with Crippen molar-refractivity contribution in [1.29, 1.82) is 0 Å². The molecule has 0 unspecified atom stereocenters. The molecule has 0 atom stereocenters. The molecule has 28 heavy (non-hydrogen) atoms. The van der Waals surface area contributed by atoms with Crippen LogP contribution in [-0.2, 0) is 13.1 Å². The molecular formula is C21H24N6O. The van der Waals surface area contributed by atoms with E-state index in [1.165, 1.54) is 6.33 Å². The predicted molar refractivity (Wildman–Crippen MR) is 109 cm³/mol. The molecule has 3 N–H and O–H groups in total. The minimum Gasteiger partial charge on any atom is -0.348 e. The number of benzene rings is 1. The second-order valence-corrected chi connectivity index (χ2v) is 6.51. The van der Waals surface area contributed by atoms with Crippen molar-refractivity contribution in [3.05, 3.63) is 77.0 Å². The van der Waals surface area contributed by atoms with Crippen LogP contribution in [0.15, 0.2) is 49.1 Å². The highest BCUT2D eigenvalue weighted by Crippen LogP contribution is 2.24. The maximum absolute atomic E-state index is 12.6. The van der Waals surface area contributed by atoms with Crippen LogP contribution < -0.4 is 16.0 Å². The summed E-state index contributed by atoms with van der Waals surface area (Å²) in [7, 11) is 1.88. The van der Waals surface area contributed by atoms with Gasteiger partial charge in [0.1, 0.15) is 12.1 Å². The fourth-order valence-corrected chi connectivity index (χ4v) is 2.81. The van der Waals surface area contributed by atoms with E-state index in [-0.39, 0.29) is 5.91 Å². The van der Waals surface area contributed by atoms with Crippen molar-refractivity contribution in [2.45, 2.75) is 26.9 Å². The van der Waals surface area contributed by atoms with E-state index < -0.39 is 0 Å². The fourth-order valence-electron chi connectivity index (χ4n) is 2.81. The summed E-state index contributed by atoms with van der Waals surface area (Å²) < 4.78 is 0. The summed E-state index contributed by atoms with van der Waals surface area (Å²) in [5.74, 6) is 0.605. The maximum Gasteiger partial charge on any atom is 0.251 e. The van der Waals surface area contributed by atoms with Gasteiger partial charge in [-0.05, 0) is 56.3 Å². The van der Waals surface area contributed by atoms with Crippen LogP contribution in [0.1, 0.15) is 32.7 Å². The summed E-state index contributed by atoms with van der Waals surface area (Å²) in [6.07, 6.45) is 4.96. The number of carbonyl (C=O) groups is 1. The van der Waals surface area contributed by atoms with Crippen LogP contribution in [0.5, 0.6) is 0 Å². The van der Waals surface area contributed by atoms with Crippen molar-refractivity contribution in [3.63, 3.8) is 0 Å². The van der Waals surface area contributed by atoms with Gasteiger partial charge >= 0.3 is 0 Å². The van der Waals surface area contributed by atoms with E-state index in [0.717, 1.165) is 33.9 Å². The minimum absolute atomic E-state index is 0.130. The van der Waals surface area contributed by atoms with Gasteiger partial charge in [-0.3, -0.25) is 9.78 Å². The summed E-state index contributed by atoms with van der Waals surface area (Å²) in [6.45, 7) is 5.05. The average molecular weight is 376 g/mol. The van der Waals surface area contributed by atoms with Crippen LogP contribution >= 0.6 is 0 Å². The molecule has 0 aliphatic carbocycles. The van der Waals surface area contributed by atoms with Crippen molar-refractivity contribution in [2.75, 3.05) is 12.4 Å². The smallest absolute Gasteiger partial charge is 0.251 e. The van der Waals surface area contributed by atoms with Gasteiger partial charge in [-0.25, -0.2) is 9.97 Å². The third-order valence-electron chi connectivity index (χ3n) is 4.47. The first-order valence-corrected chi connectivity index (χ1v) is 9.08. The molecule has 1 amide bonds. The molecule has 0 saturated carbocycles. The molecule has 0 radical (unpaired) electrons. The van der Waals surface area contributed by atoms with Crippen LogP contribution in [0.2, 0.25) is 0 Å². The quantitative estimate of drug-likeness (QED) is 0.587. The van der Waals surface area contributed by atoms with Crippen LogP contribution in [-0.4, -0.2) is 27.9 Å². The van der Waals surface area contributed by atoms with E-state index in [1.54, 1.807) is 12.4 Å². The highest BCUT2D eigenvalue weighted by atomic mass is 16.1. The van der Waals surface area contributed by atoms with Gasteiger partial charge in [-0.2, -0.15) is 0 Å². The van der Waals surface area contributed by atoms with Crippen LogP contribution in [0.25, 0.3) is 0 Å². The lowest BCUT2D eigenvalue weighted by molar-refractivity contribution is 0.0951. The van der Waals surface area contributed by atoms with Gasteiger partial charge in [0.15, 0.2) is 0 Å². The first kappa shape index (κ1) is 19.4. The lowest BCUT2D eigenvalue weighted by atomic mass is 10.1. The van der Waals surface area contributed by atoms with Gasteiger partial charge in [0, 0.05) is 48.0 Å². The Hall–Kier alpha value is -3.32. The molecule has 7 nitrogen and oxygen atoms in total. The largest absolute Gasteiger partial charge is 0.348 e. The summed E-state index contributed by atoms with van der Waals surface area (Å²) in [5.41, 5.74) is 5.36. The summed E-state index contributed by atoms with van der Waals surface area (Å²) >= 11 is 0.